The molecule has 0 aliphatic heterocycles. The molecule has 15 heteroatoms. The van der Waals surface area contributed by atoms with Gasteiger partial charge in [0.25, 0.3) is 10.1 Å². The van der Waals surface area contributed by atoms with Crippen LogP contribution in [0.4, 0.5) is 13.2 Å². The smallest absolute Gasteiger partial charge is 0.329 e. The average Bonchev–Trinajstić information content (AvgIpc) is 2.77. The fourth-order valence-corrected chi connectivity index (χ4v) is 5.70. The maximum absolute atomic E-state index is 13.4. The lowest BCUT2D eigenvalue weighted by molar-refractivity contribution is -0.342. The van der Waals surface area contributed by atoms with Crippen molar-refractivity contribution in [2.45, 2.75) is 28.7 Å². The zero-order chi connectivity index (χ0) is 29.2. The molecule has 0 spiro atoms. The van der Waals surface area contributed by atoms with Gasteiger partial charge in [0.1, 0.15) is 0 Å². The van der Waals surface area contributed by atoms with Gasteiger partial charge in [0.15, 0.2) is 14.9 Å². The molecule has 0 bridgehead atoms. The molecule has 0 heterocycles. The number of ether oxygens (including phenoxy) is 1. The summed E-state index contributed by atoms with van der Waals surface area (Å²) in [4.78, 5) is 13.2. The van der Waals surface area contributed by atoms with Gasteiger partial charge in [-0.15, -0.1) is 13.2 Å². The third kappa shape index (κ3) is 8.53. The van der Waals surface area contributed by atoms with E-state index < -0.39 is 56.2 Å². The zero-order valence-corrected chi connectivity index (χ0v) is 23.5. The van der Waals surface area contributed by atoms with E-state index in [0.717, 1.165) is 12.5 Å². The van der Waals surface area contributed by atoms with E-state index >= 15 is 0 Å². The van der Waals surface area contributed by atoms with Crippen molar-refractivity contribution in [3.63, 3.8) is 0 Å². The van der Waals surface area contributed by atoms with Gasteiger partial charge in [-0.2, -0.15) is 8.42 Å². The normalized spacial score (nSPS) is 19.4. The zero-order valence-electron chi connectivity index (χ0n) is 20.3. The molecule has 2 atom stereocenters. The number of hydrogen-bond acceptors (Lipinski definition) is 7. The van der Waals surface area contributed by atoms with E-state index in [1.54, 1.807) is 18.2 Å². The second-order valence-corrected chi connectivity index (χ2v) is 13.3. The maximum Gasteiger partial charge on any atom is 0.524 e. The van der Waals surface area contributed by atoms with Crippen LogP contribution in [0.25, 0.3) is 5.57 Å². The van der Waals surface area contributed by atoms with Crippen LogP contribution < -0.4 is 5.32 Å². The summed E-state index contributed by atoms with van der Waals surface area (Å²) < 4.78 is 95.9. The van der Waals surface area contributed by atoms with Crippen LogP contribution in [0, 0.1) is 0 Å². The van der Waals surface area contributed by atoms with Crippen LogP contribution in [0.1, 0.15) is 23.5 Å². The standard InChI is InChI=1S/C24H22Cl2F3NO7S2/c1-38(32,33)18-10-8-15(9-11-18)19(14-36-39(2,34)35)22(31)30-17-12-20(25)21(16-6-4-3-5-7-16)23(26,13-17)37-24(27,28)29/h3-12,19H,13-14H2,1-2H3,(H,30,31). The van der Waals surface area contributed by atoms with Crippen LogP contribution in [0.2, 0.25) is 0 Å². The van der Waals surface area contributed by atoms with Crippen LogP contribution in [0.5, 0.6) is 0 Å². The lowest BCUT2D eigenvalue weighted by Gasteiger charge is -2.35. The first kappa shape index (κ1) is 31.1. The van der Waals surface area contributed by atoms with E-state index in [0.29, 0.717) is 0 Å². The van der Waals surface area contributed by atoms with E-state index in [4.69, 9.17) is 27.4 Å². The molecule has 212 valence electrons. The van der Waals surface area contributed by atoms with Gasteiger partial charge in [-0.1, -0.05) is 65.7 Å². The Morgan fingerprint density at radius 3 is 2.15 bits per heavy atom. The van der Waals surface area contributed by atoms with Gasteiger partial charge in [0.05, 0.1) is 28.7 Å². The number of rotatable bonds is 9. The van der Waals surface area contributed by atoms with Gasteiger partial charge in [0.2, 0.25) is 5.91 Å². The molecule has 2 aromatic rings. The number of halogens is 5. The van der Waals surface area contributed by atoms with Crippen LogP contribution in [0.3, 0.4) is 0 Å². The molecule has 1 aliphatic rings. The fraction of sp³-hybridized carbons (Fsp3) is 0.292. The number of benzene rings is 2. The second kappa shape index (κ2) is 11.6. The van der Waals surface area contributed by atoms with Crippen LogP contribution >= 0.6 is 23.2 Å². The van der Waals surface area contributed by atoms with Crippen molar-refractivity contribution in [1.29, 1.82) is 0 Å². The van der Waals surface area contributed by atoms with Gasteiger partial charge in [0, 0.05) is 23.9 Å². The highest BCUT2D eigenvalue weighted by Gasteiger charge is 2.48. The highest BCUT2D eigenvalue weighted by molar-refractivity contribution is 7.90. The second-order valence-electron chi connectivity index (χ2n) is 8.58. The maximum atomic E-state index is 13.4. The van der Waals surface area contributed by atoms with Gasteiger partial charge in [-0.05, 0) is 29.3 Å². The summed E-state index contributed by atoms with van der Waals surface area (Å²) in [5, 5.41) is -0.364. The molecule has 2 aromatic carbocycles. The van der Waals surface area contributed by atoms with Crippen molar-refractivity contribution in [3.05, 3.63) is 82.5 Å². The van der Waals surface area contributed by atoms with Gasteiger partial charge < -0.3 is 5.32 Å². The fourth-order valence-electron chi connectivity index (χ4n) is 3.80. The van der Waals surface area contributed by atoms with Crippen molar-refractivity contribution >= 4 is 54.6 Å². The Morgan fingerprint density at radius 2 is 1.64 bits per heavy atom. The lowest BCUT2D eigenvalue weighted by Crippen LogP contribution is -2.40. The highest BCUT2D eigenvalue weighted by Crippen LogP contribution is 2.48. The van der Waals surface area contributed by atoms with E-state index in [2.05, 4.69) is 10.1 Å². The molecule has 0 saturated carbocycles. The van der Waals surface area contributed by atoms with E-state index in [1.165, 1.54) is 42.5 Å². The first-order chi connectivity index (χ1) is 17.9. The highest BCUT2D eigenvalue weighted by atomic mass is 35.5. The van der Waals surface area contributed by atoms with Gasteiger partial charge in [-0.3, -0.25) is 13.7 Å². The number of nitrogens with one attached hydrogen (secondary N) is 1. The Hall–Kier alpha value is -2.42. The number of amides is 1. The molecule has 1 amide bonds. The van der Waals surface area contributed by atoms with E-state index in [1.807, 2.05) is 0 Å². The summed E-state index contributed by atoms with van der Waals surface area (Å²) in [6.45, 7) is -0.680. The van der Waals surface area contributed by atoms with Crippen molar-refractivity contribution in [3.8, 4) is 0 Å². The van der Waals surface area contributed by atoms with Crippen molar-refractivity contribution < 1.29 is 43.7 Å². The Kier molecular flexibility index (Phi) is 9.25. The molecule has 3 rings (SSSR count). The Labute approximate surface area is 233 Å². The Morgan fingerprint density at radius 1 is 1.05 bits per heavy atom. The minimum absolute atomic E-state index is 0.0500. The third-order valence-electron chi connectivity index (χ3n) is 5.43. The Balaban J connectivity index is 1.99. The summed E-state index contributed by atoms with van der Waals surface area (Å²) in [6, 6.07) is 12.8. The summed E-state index contributed by atoms with van der Waals surface area (Å²) >= 11 is 12.7. The monoisotopic (exact) mass is 627 g/mol. The van der Waals surface area contributed by atoms with Crippen molar-refractivity contribution in [2.75, 3.05) is 19.1 Å². The first-order valence-corrected chi connectivity index (χ1v) is 15.4. The van der Waals surface area contributed by atoms with Crippen molar-refractivity contribution in [1.82, 2.24) is 5.32 Å². The largest absolute Gasteiger partial charge is 0.524 e. The molecule has 39 heavy (non-hydrogen) atoms. The molecule has 2 unspecified atom stereocenters. The molecule has 1 aliphatic carbocycles. The molecule has 1 N–H and O–H groups in total. The van der Waals surface area contributed by atoms with Gasteiger partial charge in [-0.25, -0.2) is 8.42 Å². The molecule has 0 radical (unpaired) electrons. The van der Waals surface area contributed by atoms with Crippen LogP contribution in [0.15, 0.2) is 76.3 Å². The average molecular weight is 628 g/mol. The molecule has 0 aromatic heterocycles. The molecule has 0 saturated heterocycles. The van der Waals surface area contributed by atoms with Crippen molar-refractivity contribution in [2.24, 2.45) is 0 Å². The topological polar surface area (TPSA) is 116 Å². The third-order valence-corrected chi connectivity index (χ3v) is 7.82. The molecular formula is C24H22Cl2F3NO7S2. The number of carbonyl (C=O) groups is 1. The lowest BCUT2D eigenvalue weighted by atomic mass is 9.91. The predicted molar refractivity (Wildman–Crippen MR) is 139 cm³/mol. The summed E-state index contributed by atoms with van der Waals surface area (Å²) in [5.74, 6) is -2.20. The summed E-state index contributed by atoms with van der Waals surface area (Å²) in [6.07, 6.45) is -2.88. The summed E-state index contributed by atoms with van der Waals surface area (Å²) in [7, 11) is -7.56. The van der Waals surface area contributed by atoms with Crippen LogP contribution in [-0.4, -0.2) is 53.3 Å². The van der Waals surface area contributed by atoms with E-state index in [9.17, 15) is 34.8 Å². The number of carbonyl (C=O) groups excluding carboxylic acids is 1. The SMILES string of the molecule is CS(=O)(=O)OCC(C(=O)NC1=CC(Cl)=C(c2ccccc2)C(Cl)(OC(F)(F)F)C1)c1ccc(S(C)(=O)=O)cc1. The van der Waals surface area contributed by atoms with Crippen LogP contribution in [-0.2, 0) is 33.7 Å². The summed E-state index contributed by atoms with van der Waals surface area (Å²) in [5.41, 5.74) is 0.111. The quantitative estimate of drug-likeness (QED) is 0.317. The number of hydrogen-bond donors (Lipinski definition) is 1. The first-order valence-electron chi connectivity index (χ1n) is 11.0. The Bertz CT molecular complexity index is 1510. The molecule has 0 fully saturated rings. The minimum atomic E-state index is -5.17. The van der Waals surface area contributed by atoms with Gasteiger partial charge >= 0.3 is 6.36 Å². The molecule has 8 nitrogen and oxygen atoms in total. The molecular weight excluding hydrogens is 606 g/mol. The number of allylic oxidation sites excluding steroid dienone is 2. The number of sulfone groups is 1. The number of alkyl halides is 4. The minimum Gasteiger partial charge on any atom is -0.329 e. The predicted octanol–water partition coefficient (Wildman–Crippen LogP) is 4.68. The van der Waals surface area contributed by atoms with E-state index in [-0.39, 0.29) is 32.3 Å².